The lowest BCUT2D eigenvalue weighted by Gasteiger charge is -2.31. The number of amides is 1. The number of alkyl halides is 3. The molecule has 0 saturated heterocycles. The number of carbonyl (C=O) groups is 1. The van der Waals surface area contributed by atoms with Gasteiger partial charge in [-0.3, -0.25) is 4.79 Å². The summed E-state index contributed by atoms with van der Waals surface area (Å²) in [5.41, 5.74) is 2.67. The minimum Gasteiger partial charge on any atom is -0.338 e. The van der Waals surface area contributed by atoms with Crippen molar-refractivity contribution in [2.24, 2.45) is 5.92 Å². The van der Waals surface area contributed by atoms with E-state index < -0.39 is 11.7 Å². The van der Waals surface area contributed by atoms with Crippen LogP contribution in [-0.2, 0) is 23.9 Å². The molecule has 0 saturated carbocycles. The lowest BCUT2D eigenvalue weighted by molar-refractivity contribution is -0.137. The highest BCUT2D eigenvalue weighted by atomic mass is 32.2. The summed E-state index contributed by atoms with van der Waals surface area (Å²) in [5, 5.41) is 0. The highest BCUT2D eigenvalue weighted by molar-refractivity contribution is 7.97. The second-order valence-corrected chi connectivity index (χ2v) is 9.34. The van der Waals surface area contributed by atoms with E-state index in [1.165, 1.54) is 11.1 Å². The normalized spacial score (nSPS) is 15.3. The molecule has 0 aliphatic carbocycles. The van der Waals surface area contributed by atoms with E-state index in [2.05, 4.69) is 22.5 Å². The van der Waals surface area contributed by atoms with E-state index in [0.717, 1.165) is 42.1 Å². The smallest absolute Gasteiger partial charge is 0.338 e. The third-order valence-electron chi connectivity index (χ3n) is 5.68. The molecule has 0 radical (unpaired) electrons. The Morgan fingerprint density at radius 1 is 1.10 bits per heavy atom. The van der Waals surface area contributed by atoms with Gasteiger partial charge in [-0.15, -0.1) is 0 Å². The molecule has 0 fully saturated rings. The summed E-state index contributed by atoms with van der Waals surface area (Å²) in [5.74, 6) is 0.188. The summed E-state index contributed by atoms with van der Waals surface area (Å²) in [7, 11) is 0. The van der Waals surface area contributed by atoms with Crippen LogP contribution in [0.2, 0.25) is 0 Å². The summed E-state index contributed by atoms with van der Waals surface area (Å²) < 4.78 is 40.7. The predicted octanol–water partition coefficient (Wildman–Crippen LogP) is 6.34. The zero-order chi connectivity index (χ0) is 22.8. The molecule has 1 unspecified atom stereocenters. The van der Waals surface area contributed by atoms with Crippen molar-refractivity contribution in [3.05, 3.63) is 64.7 Å². The van der Waals surface area contributed by atoms with Gasteiger partial charge in [-0.05, 0) is 66.2 Å². The number of fused-ring (bicyclic) bond motifs is 1. The number of hydrogen-bond donors (Lipinski definition) is 0. The molecule has 7 heteroatoms. The maximum absolute atomic E-state index is 12.8. The van der Waals surface area contributed by atoms with Crippen LogP contribution in [0.15, 0.2) is 47.4 Å². The number of benzene rings is 2. The first-order valence-corrected chi connectivity index (χ1v) is 11.4. The van der Waals surface area contributed by atoms with Gasteiger partial charge in [0, 0.05) is 36.5 Å². The summed E-state index contributed by atoms with van der Waals surface area (Å²) in [6, 6.07) is 11.7. The first-order valence-electron chi connectivity index (χ1n) is 10.6. The molecule has 3 rings (SSSR count). The highest BCUT2D eigenvalue weighted by Crippen LogP contribution is 2.35. The minimum atomic E-state index is -4.32. The number of halogens is 3. The van der Waals surface area contributed by atoms with Crippen molar-refractivity contribution >= 4 is 17.9 Å². The molecule has 1 aliphatic rings. The lowest BCUT2D eigenvalue weighted by atomic mass is 9.99. The molecule has 168 valence electrons. The molecule has 0 N–H and O–H groups in total. The van der Waals surface area contributed by atoms with E-state index in [-0.39, 0.29) is 17.9 Å². The first-order chi connectivity index (χ1) is 14.6. The average Bonchev–Trinajstić information content (AvgIpc) is 2.75. The monoisotopic (exact) mass is 450 g/mol. The van der Waals surface area contributed by atoms with Gasteiger partial charge in [0.15, 0.2) is 0 Å². The molecule has 1 amide bonds. The summed E-state index contributed by atoms with van der Waals surface area (Å²) >= 11 is 1.62. The molecule has 3 nitrogen and oxygen atoms in total. The van der Waals surface area contributed by atoms with Gasteiger partial charge in [-0.25, -0.2) is 4.31 Å². The fourth-order valence-corrected chi connectivity index (χ4v) is 4.81. The van der Waals surface area contributed by atoms with Crippen LogP contribution in [0.3, 0.4) is 0 Å². The van der Waals surface area contributed by atoms with Gasteiger partial charge in [-0.2, -0.15) is 13.2 Å². The fourth-order valence-electron chi connectivity index (χ4n) is 3.81. The van der Waals surface area contributed by atoms with Crippen molar-refractivity contribution in [1.82, 2.24) is 9.21 Å². The van der Waals surface area contributed by atoms with Gasteiger partial charge in [0.05, 0.1) is 5.56 Å². The number of hydrogen-bond acceptors (Lipinski definition) is 3. The van der Waals surface area contributed by atoms with Crippen LogP contribution in [0.4, 0.5) is 13.2 Å². The fraction of sp³-hybridized carbons (Fsp3) is 0.458. The summed E-state index contributed by atoms with van der Waals surface area (Å²) in [6.45, 7) is 10.0. The topological polar surface area (TPSA) is 23.6 Å². The van der Waals surface area contributed by atoms with Gasteiger partial charge in [-0.1, -0.05) is 39.0 Å². The molecule has 2 aromatic carbocycles. The van der Waals surface area contributed by atoms with E-state index >= 15 is 0 Å². The zero-order valence-electron chi connectivity index (χ0n) is 18.4. The van der Waals surface area contributed by atoms with Crippen molar-refractivity contribution in [1.29, 1.82) is 0 Å². The third kappa shape index (κ3) is 5.63. The summed E-state index contributed by atoms with van der Waals surface area (Å²) in [6.07, 6.45) is -3.48. The van der Waals surface area contributed by atoms with Crippen molar-refractivity contribution in [3.63, 3.8) is 0 Å². The maximum Gasteiger partial charge on any atom is 0.416 e. The van der Waals surface area contributed by atoms with Crippen molar-refractivity contribution in [2.45, 2.75) is 57.8 Å². The van der Waals surface area contributed by atoms with E-state index in [0.29, 0.717) is 6.54 Å². The van der Waals surface area contributed by atoms with E-state index in [4.69, 9.17) is 0 Å². The van der Waals surface area contributed by atoms with Crippen molar-refractivity contribution in [3.8, 4) is 0 Å². The Balaban J connectivity index is 1.70. The van der Waals surface area contributed by atoms with E-state index in [1.807, 2.05) is 32.6 Å². The average molecular weight is 451 g/mol. The maximum atomic E-state index is 12.8. The second kappa shape index (κ2) is 9.65. The summed E-state index contributed by atoms with van der Waals surface area (Å²) in [4.78, 5) is 15.3. The molecule has 1 aliphatic heterocycles. The van der Waals surface area contributed by atoms with Crippen molar-refractivity contribution in [2.75, 3.05) is 13.1 Å². The van der Waals surface area contributed by atoms with Gasteiger partial charge >= 0.3 is 6.18 Å². The SMILES string of the molecule is CCN(Sc1ccc2c(c1)CCN(C(=O)C(C)C)C2)C(C)c1ccc(C(F)(F)F)cc1. The Kier molecular flexibility index (Phi) is 7.37. The Morgan fingerprint density at radius 2 is 1.77 bits per heavy atom. The molecule has 31 heavy (non-hydrogen) atoms. The Morgan fingerprint density at radius 3 is 2.35 bits per heavy atom. The molecular formula is C24H29F3N2OS. The molecule has 0 aromatic heterocycles. The zero-order valence-corrected chi connectivity index (χ0v) is 19.2. The van der Waals surface area contributed by atoms with Crippen molar-refractivity contribution < 1.29 is 18.0 Å². The second-order valence-electron chi connectivity index (χ2n) is 8.22. The van der Waals surface area contributed by atoms with E-state index in [9.17, 15) is 18.0 Å². The van der Waals surface area contributed by atoms with Gasteiger partial charge in [0.25, 0.3) is 0 Å². The van der Waals surface area contributed by atoms with Gasteiger partial charge in [0.1, 0.15) is 0 Å². The number of rotatable bonds is 6. The molecule has 0 bridgehead atoms. The first kappa shape index (κ1) is 23.7. The van der Waals surface area contributed by atoms with Crippen LogP contribution in [0.5, 0.6) is 0 Å². The van der Waals surface area contributed by atoms with Crippen LogP contribution < -0.4 is 0 Å². The molecule has 1 heterocycles. The highest BCUT2D eigenvalue weighted by Gasteiger charge is 2.30. The standard InChI is InChI=1S/C24H29F3N2OS/c1-5-29(17(4)18-6-9-21(10-7-18)24(25,26)27)31-22-11-8-20-15-28(23(30)16(2)3)13-12-19(20)14-22/h6-11,14,16-17H,5,12-13,15H2,1-4H3. The van der Waals surface area contributed by atoms with Crippen LogP contribution in [0, 0.1) is 5.92 Å². The molecular weight excluding hydrogens is 421 g/mol. The van der Waals surface area contributed by atoms with E-state index in [1.54, 1.807) is 24.1 Å². The van der Waals surface area contributed by atoms with Crippen LogP contribution in [0.25, 0.3) is 0 Å². The van der Waals surface area contributed by atoms with Crippen LogP contribution >= 0.6 is 11.9 Å². The molecule has 1 atom stereocenters. The van der Waals surface area contributed by atoms with Gasteiger partial charge < -0.3 is 4.90 Å². The Labute approximate surface area is 186 Å². The third-order valence-corrected chi connectivity index (χ3v) is 6.96. The Hall–Kier alpha value is -1.99. The molecule has 2 aromatic rings. The number of nitrogens with zero attached hydrogens (tertiary/aromatic N) is 2. The van der Waals surface area contributed by atoms with Gasteiger partial charge in [0.2, 0.25) is 5.91 Å². The lowest BCUT2D eigenvalue weighted by Crippen LogP contribution is -2.38. The Bertz CT molecular complexity index is 912. The quantitative estimate of drug-likeness (QED) is 0.480. The number of carbonyl (C=O) groups excluding carboxylic acids is 1. The predicted molar refractivity (Wildman–Crippen MR) is 118 cm³/mol. The van der Waals surface area contributed by atoms with Crippen LogP contribution in [-0.4, -0.2) is 28.2 Å². The van der Waals surface area contributed by atoms with Crippen LogP contribution in [0.1, 0.15) is 56.0 Å². The largest absolute Gasteiger partial charge is 0.416 e. The molecule has 0 spiro atoms. The minimum absolute atomic E-state index is 0.00109.